The van der Waals surface area contributed by atoms with E-state index in [0.717, 1.165) is 11.3 Å². The number of allylic oxidation sites excluding steroid dienone is 1. The van der Waals surface area contributed by atoms with Gasteiger partial charge in [-0.3, -0.25) is 10.1 Å². The van der Waals surface area contributed by atoms with Gasteiger partial charge in [-0.1, -0.05) is 12.1 Å². The second-order valence-corrected chi connectivity index (χ2v) is 3.53. The molecule has 0 bridgehead atoms. The number of benzene rings is 1. The summed E-state index contributed by atoms with van der Waals surface area (Å²) in [5.74, 6) is 0. The average molecular weight is 206 g/mol. The van der Waals surface area contributed by atoms with Gasteiger partial charge in [-0.2, -0.15) is 0 Å². The van der Waals surface area contributed by atoms with Crippen molar-refractivity contribution in [2.24, 2.45) is 0 Å². The van der Waals surface area contributed by atoms with Crippen molar-refractivity contribution in [1.82, 2.24) is 0 Å². The quantitative estimate of drug-likeness (QED) is 0.563. The molecule has 1 rings (SSSR count). The van der Waals surface area contributed by atoms with Gasteiger partial charge in [0.1, 0.15) is 0 Å². The maximum Gasteiger partial charge on any atom is 0.243 e. The Morgan fingerprint density at radius 1 is 1.47 bits per heavy atom. The Balaban J connectivity index is 3.01. The molecule has 0 spiro atoms. The van der Waals surface area contributed by atoms with E-state index in [0.29, 0.717) is 0 Å². The van der Waals surface area contributed by atoms with Gasteiger partial charge in [-0.15, -0.1) is 0 Å². The number of hydrogen-bond acceptors (Lipinski definition) is 3. The molecule has 0 aromatic heterocycles. The summed E-state index contributed by atoms with van der Waals surface area (Å²) < 4.78 is 0. The first-order chi connectivity index (χ1) is 7.00. The summed E-state index contributed by atoms with van der Waals surface area (Å²) in [4.78, 5) is 12.0. The number of nitrogens with zero attached hydrogens (tertiary/aromatic N) is 2. The summed E-state index contributed by atoms with van der Waals surface area (Å²) in [6, 6.07) is 7.60. The van der Waals surface area contributed by atoms with E-state index in [9.17, 15) is 10.1 Å². The van der Waals surface area contributed by atoms with Crippen LogP contribution in [-0.4, -0.2) is 19.0 Å². The monoisotopic (exact) mass is 206 g/mol. The fourth-order valence-electron chi connectivity index (χ4n) is 1.19. The minimum atomic E-state index is -0.387. The van der Waals surface area contributed by atoms with Crippen LogP contribution in [0, 0.1) is 10.1 Å². The fourth-order valence-corrected chi connectivity index (χ4v) is 1.19. The highest BCUT2D eigenvalue weighted by Crippen LogP contribution is 2.15. The lowest BCUT2D eigenvalue weighted by Crippen LogP contribution is -2.08. The normalized spacial score (nSPS) is 11.3. The van der Waals surface area contributed by atoms with Gasteiger partial charge in [-0.05, 0) is 17.7 Å². The first-order valence-electron chi connectivity index (χ1n) is 4.61. The van der Waals surface area contributed by atoms with Crippen LogP contribution in [0.3, 0.4) is 0 Å². The molecule has 80 valence electrons. The highest BCUT2D eigenvalue weighted by Gasteiger charge is 2.02. The molecule has 0 aliphatic carbocycles. The lowest BCUT2D eigenvalue weighted by Gasteiger charge is -2.12. The molecule has 0 heterocycles. The van der Waals surface area contributed by atoms with Crippen molar-refractivity contribution in [3.8, 4) is 0 Å². The highest BCUT2D eigenvalue weighted by atomic mass is 16.6. The molecule has 0 saturated carbocycles. The Morgan fingerprint density at radius 2 is 2.13 bits per heavy atom. The van der Waals surface area contributed by atoms with E-state index < -0.39 is 0 Å². The lowest BCUT2D eigenvalue weighted by atomic mass is 10.1. The van der Waals surface area contributed by atoms with Gasteiger partial charge in [0, 0.05) is 32.8 Å². The summed E-state index contributed by atoms with van der Waals surface area (Å²) in [6.45, 7) is 1.49. The van der Waals surface area contributed by atoms with Crippen LogP contribution in [0.25, 0.3) is 6.08 Å². The van der Waals surface area contributed by atoms with E-state index in [-0.39, 0.29) is 10.6 Å². The van der Waals surface area contributed by atoms with Gasteiger partial charge in [-0.25, -0.2) is 0 Å². The predicted octanol–water partition coefficient (Wildman–Crippen LogP) is 2.39. The van der Waals surface area contributed by atoms with Gasteiger partial charge >= 0.3 is 0 Å². The van der Waals surface area contributed by atoms with Crippen LogP contribution in [0.5, 0.6) is 0 Å². The van der Waals surface area contributed by atoms with Crippen LogP contribution < -0.4 is 4.90 Å². The third-order valence-corrected chi connectivity index (χ3v) is 2.05. The highest BCUT2D eigenvalue weighted by molar-refractivity contribution is 5.58. The summed E-state index contributed by atoms with van der Waals surface area (Å²) in [7, 11) is 3.87. The zero-order chi connectivity index (χ0) is 11.4. The van der Waals surface area contributed by atoms with Gasteiger partial charge in [0.05, 0.1) is 4.92 Å². The van der Waals surface area contributed by atoms with Crippen molar-refractivity contribution in [3.63, 3.8) is 0 Å². The van der Waals surface area contributed by atoms with Crippen LogP contribution in [0.2, 0.25) is 0 Å². The molecule has 0 aliphatic heterocycles. The SMILES string of the molecule is C/C(=C\c1cccc(N(C)C)c1)[N+](=O)[O-]. The molecule has 0 fully saturated rings. The minimum Gasteiger partial charge on any atom is -0.378 e. The molecule has 4 heteroatoms. The number of anilines is 1. The second kappa shape index (κ2) is 4.59. The Morgan fingerprint density at radius 3 is 2.67 bits per heavy atom. The Hall–Kier alpha value is -1.84. The molecular formula is C11H14N2O2. The first-order valence-corrected chi connectivity index (χ1v) is 4.61. The summed E-state index contributed by atoms with van der Waals surface area (Å²) in [6.07, 6.45) is 1.56. The molecule has 0 saturated heterocycles. The van der Waals surface area contributed by atoms with E-state index in [4.69, 9.17) is 0 Å². The van der Waals surface area contributed by atoms with Crippen molar-refractivity contribution in [3.05, 3.63) is 45.6 Å². The van der Waals surface area contributed by atoms with E-state index in [1.165, 1.54) is 6.92 Å². The average Bonchev–Trinajstić information content (AvgIpc) is 2.18. The number of rotatable bonds is 3. The predicted molar refractivity (Wildman–Crippen MR) is 61.4 cm³/mol. The lowest BCUT2D eigenvalue weighted by molar-refractivity contribution is -0.422. The molecule has 0 N–H and O–H groups in total. The molecule has 4 nitrogen and oxygen atoms in total. The molecule has 0 amide bonds. The van der Waals surface area contributed by atoms with Gasteiger partial charge in [0.2, 0.25) is 5.70 Å². The molecular weight excluding hydrogens is 192 g/mol. The van der Waals surface area contributed by atoms with Crippen LogP contribution in [0.15, 0.2) is 30.0 Å². The molecule has 0 unspecified atom stereocenters. The van der Waals surface area contributed by atoms with Gasteiger partial charge < -0.3 is 4.90 Å². The van der Waals surface area contributed by atoms with Crippen molar-refractivity contribution in [2.45, 2.75) is 6.92 Å². The second-order valence-electron chi connectivity index (χ2n) is 3.53. The van der Waals surface area contributed by atoms with E-state index in [1.54, 1.807) is 6.08 Å². The summed E-state index contributed by atoms with van der Waals surface area (Å²) in [5.41, 5.74) is 2.02. The number of nitro groups is 1. The molecule has 1 aromatic rings. The van der Waals surface area contributed by atoms with Crippen LogP contribution in [0.1, 0.15) is 12.5 Å². The smallest absolute Gasteiger partial charge is 0.243 e. The Kier molecular flexibility index (Phi) is 3.44. The number of hydrogen-bond donors (Lipinski definition) is 0. The third kappa shape index (κ3) is 3.09. The van der Waals surface area contributed by atoms with Crippen LogP contribution in [0.4, 0.5) is 5.69 Å². The van der Waals surface area contributed by atoms with E-state index in [1.807, 2.05) is 43.3 Å². The van der Waals surface area contributed by atoms with E-state index in [2.05, 4.69) is 0 Å². The van der Waals surface area contributed by atoms with Gasteiger partial charge in [0.15, 0.2) is 0 Å². The van der Waals surface area contributed by atoms with Crippen molar-refractivity contribution < 1.29 is 4.92 Å². The Labute approximate surface area is 89.0 Å². The summed E-state index contributed by atoms with van der Waals surface area (Å²) >= 11 is 0. The molecule has 0 radical (unpaired) electrons. The van der Waals surface area contributed by atoms with E-state index >= 15 is 0 Å². The fraction of sp³-hybridized carbons (Fsp3) is 0.273. The zero-order valence-electron chi connectivity index (χ0n) is 9.10. The maximum absolute atomic E-state index is 10.4. The molecule has 1 aromatic carbocycles. The standard InChI is InChI=1S/C11H14N2O2/c1-9(13(14)15)7-10-5-4-6-11(8-10)12(2)3/h4-8H,1-3H3/b9-7+. The maximum atomic E-state index is 10.4. The first kappa shape index (κ1) is 11.2. The van der Waals surface area contributed by atoms with Crippen molar-refractivity contribution in [2.75, 3.05) is 19.0 Å². The van der Waals surface area contributed by atoms with Crippen LogP contribution in [-0.2, 0) is 0 Å². The zero-order valence-corrected chi connectivity index (χ0v) is 9.10. The molecule has 0 aliphatic rings. The summed E-state index contributed by atoms with van der Waals surface area (Å²) in [5, 5.41) is 10.4. The van der Waals surface area contributed by atoms with Crippen molar-refractivity contribution in [1.29, 1.82) is 0 Å². The largest absolute Gasteiger partial charge is 0.378 e. The van der Waals surface area contributed by atoms with Crippen molar-refractivity contribution >= 4 is 11.8 Å². The topological polar surface area (TPSA) is 46.4 Å². The molecule has 0 atom stereocenters. The van der Waals surface area contributed by atoms with Crippen LogP contribution >= 0.6 is 0 Å². The van der Waals surface area contributed by atoms with Gasteiger partial charge in [0.25, 0.3) is 0 Å². The molecule has 15 heavy (non-hydrogen) atoms. The Bertz CT molecular complexity index is 397. The minimum absolute atomic E-state index is 0.144. The third-order valence-electron chi connectivity index (χ3n) is 2.05.